The molecular formula is C15H18N2OS. The molecule has 0 saturated heterocycles. The minimum absolute atomic E-state index is 0.0124. The van der Waals surface area contributed by atoms with Crippen molar-refractivity contribution in [2.45, 2.75) is 33.1 Å². The molecule has 3 nitrogen and oxygen atoms in total. The second-order valence-electron chi connectivity index (χ2n) is 4.84. The Morgan fingerprint density at radius 3 is 2.84 bits per heavy atom. The minimum Gasteiger partial charge on any atom is -0.311 e. The van der Waals surface area contributed by atoms with Crippen LogP contribution < -0.4 is 5.32 Å². The van der Waals surface area contributed by atoms with Gasteiger partial charge in [0, 0.05) is 17.0 Å². The number of aryl methyl sites for hydroxylation is 2. The summed E-state index contributed by atoms with van der Waals surface area (Å²) < 4.78 is 0. The zero-order valence-electron chi connectivity index (χ0n) is 11.4. The highest BCUT2D eigenvalue weighted by molar-refractivity contribution is 7.10. The van der Waals surface area contributed by atoms with Crippen molar-refractivity contribution in [3.05, 3.63) is 45.8 Å². The summed E-state index contributed by atoms with van der Waals surface area (Å²) in [5, 5.41) is 4.91. The number of hydrogen-bond donors (Lipinski definition) is 1. The summed E-state index contributed by atoms with van der Waals surface area (Å²) >= 11 is 1.69. The van der Waals surface area contributed by atoms with Crippen LogP contribution in [0.15, 0.2) is 29.6 Å². The standard InChI is InChI=1S/C15H18N2OS/c1-10-7-12(3)16-14(8-10)17-15(18)9-11(2)13-5-4-6-19-13/h4-8,11H,9H2,1-3H3,(H,16,17,18). The van der Waals surface area contributed by atoms with Crippen LogP contribution in [0.5, 0.6) is 0 Å². The van der Waals surface area contributed by atoms with Gasteiger partial charge in [-0.1, -0.05) is 13.0 Å². The summed E-state index contributed by atoms with van der Waals surface area (Å²) in [6.07, 6.45) is 0.481. The van der Waals surface area contributed by atoms with Crippen LogP contribution in [-0.2, 0) is 4.79 Å². The second kappa shape index (κ2) is 5.97. The lowest BCUT2D eigenvalue weighted by atomic mass is 10.1. The first kappa shape index (κ1) is 13.7. The number of rotatable bonds is 4. The van der Waals surface area contributed by atoms with Crippen molar-refractivity contribution in [2.24, 2.45) is 0 Å². The maximum atomic E-state index is 12.0. The molecule has 2 rings (SSSR count). The van der Waals surface area contributed by atoms with Gasteiger partial charge in [0.05, 0.1) is 0 Å². The molecule has 2 aromatic heterocycles. The molecule has 100 valence electrons. The van der Waals surface area contributed by atoms with Gasteiger partial charge in [-0.2, -0.15) is 0 Å². The molecule has 1 amide bonds. The van der Waals surface area contributed by atoms with E-state index in [1.165, 1.54) is 4.88 Å². The molecule has 1 unspecified atom stereocenters. The van der Waals surface area contributed by atoms with E-state index in [4.69, 9.17) is 0 Å². The number of carbonyl (C=O) groups is 1. The van der Waals surface area contributed by atoms with Gasteiger partial charge in [0.2, 0.25) is 5.91 Å². The third-order valence-electron chi connectivity index (χ3n) is 2.89. The fourth-order valence-corrected chi connectivity index (χ4v) is 2.84. The molecule has 1 atom stereocenters. The zero-order valence-corrected chi connectivity index (χ0v) is 12.3. The molecule has 0 aliphatic carbocycles. The monoisotopic (exact) mass is 274 g/mol. The first-order valence-corrected chi connectivity index (χ1v) is 7.21. The maximum Gasteiger partial charge on any atom is 0.226 e. The fraction of sp³-hybridized carbons (Fsp3) is 0.333. The van der Waals surface area contributed by atoms with Crippen molar-refractivity contribution in [1.29, 1.82) is 0 Å². The second-order valence-corrected chi connectivity index (χ2v) is 5.82. The van der Waals surface area contributed by atoms with Gasteiger partial charge in [-0.3, -0.25) is 4.79 Å². The van der Waals surface area contributed by atoms with Crippen LogP contribution in [0.2, 0.25) is 0 Å². The lowest BCUT2D eigenvalue weighted by molar-refractivity contribution is -0.116. The number of anilines is 1. The Morgan fingerprint density at radius 2 is 2.21 bits per heavy atom. The normalized spacial score (nSPS) is 12.2. The van der Waals surface area contributed by atoms with Crippen molar-refractivity contribution >= 4 is 23.1 Å². The Balaban J connectivity index is 1.97. The highest BCUT2D eigenvalue weighted by Crippen LogP contribution is 2.24. The van der Waals surface area contributed by atoms with E-state index in [0.717, 1.165) is 11.3 Å². The molecule has 0 radical (unpaired) electrons. The molecule has 0 saturated carbocycles. The average Bonchev–Trinajstić information content (AvgIpc) is 2.80. The Labute approximate surface area is 117 Å². The predicted octanol–water partition coefficient (Wildman–Crippen LogP) is 3.89. The largest absolute Gasteiger partial charge is 0.311 e. The number of amides is 1. The maximum absolute atomic E-state index is 12.0. The molecule has 2 aromatic rings. The third-order valence-corrected chi connectivity index (χ3v) is 3.99. The van der Waals surface area contributed by atoms with E-state index in [9.17, 15) is 4.79 Å². The topological polar surface area (TPSA) is 42.0 Å². The summed E-state index contributed by atoms with van der Waals surface area (Å²) in [6.45, 7) is 6.00. The number of thiophene rings is 1. The van der Waals surface area contributed by atoms with Gasteiger partial charge in [0.15, 0.2) is 0 Å². The van der Waals surface area contributed by atoms with E-state index in [-0.39, 0.29) is 11.8 Å². The van der Waals surface area contributed by atoms with Crippen LogP contribution in [0.1, 0.15) is 35.4 Å². The summed E-state index contributed by atoms with van der Waals surface area (Å²) in [5.41, 5.74) is 2.02. The van der Waals surface area contributed by atoms with Gasteiger partial charge in [0.25, 0.3) is 0 Å². The summed E-state index contributed by atoms with van der Waals surface area (Å²) in [5.74, 6) is 0.894. The molecule has 1 N–H and O–H groups in total. The highest BCUT2D eigenvalue weighted by atomic mass is 32.1. The first-order valence-electron chi connectivity index (χ1n) is 6.33. The van der Waals surface area contributed by atoms with Gasteiger partial charge in [0.1, 0.15) is 5.82 Å². The average molecular weight is 274 g/mol. The molecule has 19 heavy (non-hydrogen) atoms. The van der Waals surface area contributed by atoms with Crippen molar-refractivity contribution in [1.82, 2.24) is 4.98 Å². The number of aromatic nitrogens is 1. The lowest BCUT2D eigenvalue weighted by Crippen LogP contribution is -2.15. The first-order chi connectivity index (χ1) is 9.04. The van der Waals surface area contributed by atoms with Crippen molar-refractivity contribution < 1.29 is 4.79 Å². The lowest BCUT2D eigenvalue weighted by Gasteiger charge is -2.10. The molecule has 0 aliphatic rings. The molecule has 2 heterocycles. The Hall–Kier alpha value is -1.68. The van der Waals surface area contributed by atoms with E-state index < -0.39 is 0 Å². The number of pyridine rings is 1. The highest BCUT2D eigenvalue weighted by Gasteiger charge is 2.12. The van der Waals surface area contributed by atoms with E-state index >= 15 is 0 Å². The van der Waals surface area contributed by atoms with Crippen molar-refractivity contribution in [3.8, 4) is 0 Å². The SMILES string of the molecule is Cc1cc(C)nc(NC(=O)CC(C)c2cccs2)c1. The van der Waals surface area contributed by atoms with E-state index in [1.807, 2.05) is 37.4 Å². The van der Waals surface area contributed by atoms with Gasteiger partial charge >= 0.3 is 0 Å². The predicted molar refractivity (Wildman–Crippen MR) is 79.7 cm³/mol. The fourth-order valence-electron chi connectivity index (χ4n) is 2.05. The quantitative estimate of drug-likeness (QED) is 0.919. The molecule has 0 aliphatic heterocycles. The number of hydrogen-bond acceptors (Lipinski definition) is 3. The smallest absolute Gasteiger partial charge is 0.226 e. The molecule has 0 aromatic carbocycles. The van der Waals surface area contributed by atoms with Crippen LogP contribution >= 0.6 is 11.3 Å². The number of nitrogens with one attached hydrogen (secondary N) is 1. The Kier molecular flexibility index (Phi) is 4.32. The summed E-state index contributed by atoms with van der Waals surface area (Å²) in [4.78, 5) is 17.5. The zero-order chi connectivity index (χ0) is 13.8. The van der Waals surface area contributed by atoms with Gasteiger partial charge in [-0.15, -0.1) is 11.3 Å². The van der Waals surface area contributed by atoms with Gasteiger partial charge in [-0.25, -0.2) is 4.98 Å². The Bertz CT molecular complexity index is 543. The van der Waals surface area contributed by atoms with Crippen LogP contribution in [-0.4, -0.2) is 10.9 Å². The molecule has 4 heteroatoms. The van der Waals surface area contributed by atoms with E-state index in [2.05, 4.69) is 23.3 Å². The Morgan fingerprint density at radius 1 is 1.42 bits per heavy atom. The summed E-state index contributed by atoms with van der Waals surface area (Å²) in [6, 6.07) is 7.96. The van der Waals surface area contributed by atoms with E-state index in [0.29, 0.717) is 12.2 Å². The van der Waals surface area contributed by atoms with E-state index in [1.54, 1.807) is 11.3 Å². The van der Waals surface area contributed by atoms with Crippen molar-refractivity contribution in [3.63, 3.8) is 0 Å². The molecule has 0 bridgehead atoms. The van der Waals surface area contributed by atoms with Crippen molar-refractivity contribution in [2.75, 3.05) is 5.32 Å². The summed E-state index contributed by atoms with van der Waals surface area (Å²) in [7, 11) is 0. The van der Waals surface area contributed by atoms with Crippen LogP contribution in [0.3, 0.4) is 0 Å². The third kappa shape index (κ3) is 3.89. The minimum atomic E-state index is 0.0124. The van der Waals surface area contributed by atoms with Gasteiger partial charge in [-0.05, 0) is 48.9 Å². The number of carbonyl (C=O) groups excluding carboxylic acids is 1. The molecular weight excluding hydrogens is 256 g/mol. The van der Waals surface area contributed by atoms with Gasteiger partial charge < -0.3 is 5.32 Å². The number of nitrogens with zero attached hydrogens (tertiary/aromatic N) is 1. The molecule has 0 spiro atoms. The van der Waals surface area contributed by atoms with Crippen LogP contribution in [0.25, 0.3) is 0 Å². The van der Waals surface area contributed by atoms with Crippen LogP contribution in [0, 0.1) is 13.8 Å². The molecule has 0 fully saturated rings. The van der Waals surface area contributed by atoms with Crippen LogP contribution in [0.4, 0.5) is 5.82 Å².